The average molecular weight is 492 g/mol. The van der Waals surface area contributed by atoms with Gasteiger partial charge in [0.2, 0.25) is 0 Å². The average Bonchev–Trinajstić information content (AvgIpc) is 3.45. The zero-order valence-corrected chi connectivity index (χ0v) is 18.9. The molecule has 0 aliphatic heterocycles. The maximum atomic E-state index is 13.8. The molecule has 0 radical (unpaired) electrons. The molecule has 2 aromatic heterocycles. The minimum Gasteiger partial charge on any atom is -0.448 e. The summed E-state index contributed by atoms with van der Waals surface area (Å²) in [6.45, 7) is 5.69. The van der Waals surface area contributed by atoms with Crippen molar-refractivity contribution in [2.24, 2.45) is 4.99 Å². The van der Waals surface area contributed by atoms with Crippen LogP contribution < -0.4 is 10.6 Å². The number of nitrogens with one attached hydrogen (secondary N) is 3. The number of oxazole rings is 1. The summed E-state index contributed by atoms with van der Waals surface area (Å²) in [5.41, 5.74) is -0.515. The van der Waals surface area contributed by atoms with Crippen LogP contribution in [0.3, 0.4) is 0 Å². The Labute approximate surface area is 198 Å². The van der Waals surface area contributed by atoms with Gasteiger partial charge in [0.1, 0.15) is 23.4 Å². The predicted molar refractivity (Wildman–Crippen MR) is 123 cm³/mol. The van der Waals surface area contributed by atoms with Crippen molar-refractivity contribution in [3.8, 4) is 0 Å². The number of allylic oxidation sites excluding steroid dienone is 3. The number of halogens is 4. The number of carbonyl (C=O) groups is 1. The maximum Gasteiger partial charge on any atom is 0.418 e. The molecular weight excluding hydrogens is 468 g/mol. The van der Waals surface area contributed by atoms with Crippen LogP contribution in [0, 0.1) is 0 Å². The Morgan fingerprint density at radius 2 is 2.03 bits per heavy atom. The molecular formula is C23H24F4N6O2. The van der Waals surface area contributed by atoms with Crippen LogP contribution in [0.2, 0.25) is 0 Å². The summed E-state index contributed by atoms with van der Waals surface area (Å²) < 4.78 is 58.4. The highest BCUT2D eigenvalue weighted by atomic mass is 19.4. The summed E-state index contributed by atoms with van der Waals surface area (Å²) in [6, 6.07) is 3.89. The van der Waals surface area contributed by atoms with E-state index in [1.807, 2.05) is 0 Å². The van der Waals surface area contributed by atoms with Crippen molar-refractivity contribution in [2.45, 2.75) is 25.9 Å². The van der Waals surface area contributed by atoms with E-state index in [-0.39, 0.29) is 23.5 Å². The number of amides is 1. The minimum absolute atomic E-state index is 0.0107. The van der Waals surface area contributed by atoms with Crippen molar-refractivity contribution in [1.82, 2.24) is 25.6 Å². The second-order valence-corrected chi connectivity index (χ2v) is 7.39. The lowest BCUT2D eigenvalue weighted by Gasteiger charge is -2.05. The number of hydrogen-bond donors (Lipinski definition) is 3. The van der Waals surface area contributed by atoms with Crippen LogP contribution in [0.1, 0.15) is 34.7 Å². The van der Waals surface area contributed by atoms with E-state index < -0.39 is 23.5 Å². The standard InChI is InChI=1S/C23H24F4N6O2/c1-3-5-15(24)17(28-2)12-30-22(34)18-13-35-20(32-18)9-11-29-10-8-19-31-16-7-4-6-14(21(16)33-19)23(25,26)27/h3-7,13,29H,2,8-12H2,1H3,(H,30,34)(H,31,33)/b5-3-,17-15+. The number of alkyl halides is 3. The fourth-order valence-corrected chi connectivity index (χ4v) is 3.20. The molecule has 35 heavy (non-hydrogen) atoms. The van der Waals surface area contributed by atoms with Gasteiger partial charge in [-0.15, -0.1) is 0 Å². The number of aliphatic imine (C=N–C) groups is 1. The van der Waals surface area contributed by atoms with Crippen LogP contribution in [0.25, 0.3) is 11.0 Å². The van der Waals surface area contributed by atoms with Crippen molar-refractivity contribution in [2.75, 3.05) is 19.6 Å². The highest BCUT2D eigenvalue weighted by Gasteiger charge is 2.33. The third-order valence-corrected chi connectivity index (χ3v) is 4.90. The molecule has 0 spiro atoms. The minimum atomic E-state index is -4.47. The highest BCUT2D eigenvalue weighted by molar-refractivity contribution is 5.92. The van der Waals surface area contributed by atoms with E-state index in [0.717, 1.165) is 6.07 Å². The Balaban J connectivity index is 1.45. The lowest BCUT2D eigenvalue weighted by Crippen LogP contribution is -2.26. The summed E-state index contributed by atoms with van der Waals surface area (Å²) in [7, 11) is 0. The van der Waals surface area contributed by atoms with Crippen LogP contribution >= 0.6 is 0 Å². The van der Waals surface area contributed by atoms with Crippen molar-refractivity contribution < 1.29 is 26.8 Å². The van der Waals surface area contributed by atoms with Crippen LogP contribution in [-0.2, 0) is 19.0 Å². The van der Waals surface area contributed by atoms with E-state index in [1.165, 1.54) is 24.5 Å². The van der Waals surface area contributed by atoms with Crippen molar-refractivity contribution in [1.29, 1.82) is 0 Å². The number of carbonyl (C=O) groups excluding carboxylic acids is 1. The van der Waals surface area contributed by atoms with Gasteiger partial charge in [-0.25, -0.2) is 14.4 Å². The predicted octanol–water partition coefficient (Wildman–Crippen LogP) is 4.13. The zero-order chi connectivity index (χ0) is 25.4. The van der Waals surface area contributed by atoms with Gasteiger partial charge < -0.3 is 20.0 Å². The fourth-order valence-electron chi connectivity index (χ4n) is 3.20. The Hall–Kier alpha value is -3.80. The quantitative estimate of drug-likeness (QED) is 0.161. The third kappa shape index (κ3) is 6.85. The first-order valence-electron chi connectivity index (χ1n) is 10.7. The third-order valence-electron chi connectivity index (χ3n) is 4.90. The molecule has 0 fully saturated rings. The molecule has 2 heterocycles. The molecule has 0 saturated carbocycles. The summed E-state index contributed by atoms with van der Waals surface area (Å²) in [5.74, 6) is -0.393. The molecule has 1 amide bonds. The monoisotopic (exact) mass is 492 g/mol. The molecule has 0 aliphatic rings. The molecule has 3 N–H and O–H groups in total. The summed E-state index contributed by atoms with van der Waals surface area (Å²) in [6.07, 6.45) is 0.208. The Kier molecular flexibility index (Phi) is 8.53. The van der Waals surface area contributed by atoms with Crippen molar-refractivity contribution >= 4 is 23.7 Å². The van der Waals surface area contributed by atoms with E-state index in [2.05, 4.69) is 37.3 Å². The van der Waals surface area contributed by atoms with Gasteiger partial charge in [-0.1, -0.05) is 12.1 Å². The van der Waals surface area contributed by atoms with Gasteiger partial charge in [-0.2, -0.15) is 13.2 Å². The topological polar surface area (TPSA) is 108 Å². The van der Waals surface area contributed by atoms with Crippen LogP contribution in [-0.4, -0.2) is 47.2 Å². The number of imidazole rings is 1. The molecule has 1 aromatic carbocycles. The smallest absolute Gasteiger partial charge is 0.418 e. The number of rotatable bonds is 11. The molecule has 0 bridgehead atoms. The first-order chi connectivity index (χ1) is 16.7. The van der Waals surface area contributed by atoms with E-state index in [4.69, 9.17) is 4.42 Å². The van der Waals surface area contributed by atoms with Gasteiger partial charge in [0.15, 0.2) is 11.6 Å². The summed E-state index contributed by atoms with van der Waals surface area (Å²) in [4.78, 5) is 26.8. The number of fused-ring (bicyclic) bond motifs is 1. The van der Waals surface area contributed by atoms with E-state index >= 15 is 0 Å². The van der Waals surface area contributed by atoms with Crippen molar-refractivity contribution in [3.63, 3.8) is 0 Å². The largest absolute Gasteiger partial charge is 0.448 e. The van der Waals surface area contributed by atoms with Gasteiger partial charge in [-0.05, 0) is 31.9 Å². The van der Waals surface area contributed by atoms with Crippen LogP contribution in [0.15, 0.2) is 57.5 Å². The Morgan fingerprint density at radius 3 is 2.74 bits per heavy atom. The summed E-state index contributed by atoms with van der Waals surface area (Å²) >= 11 is 0. The first-order valence-corrected chi connectivity index (χ1v) is 10.7. The molecule has 8 nitrogen and oxygen atoms in total. The Bertz CT molecular complexity index is 1240. The highest BCUT2D eigenvalue weighted by Crippen LogP contribution is 2.33. The molecule has 0 aliphatic carbocycles. The molecule has 0 atom stereocenters. The van der Waals surface area contributed by atoms with Gasteiger partial charge in [-0.3, -0.25) is 9.79 Å². The van der Waals surface area contributed by atoms with Crippen LogP contribution in [0.5, 0.6) is 0 Å². The van der Waals surface area contributed by atoms with Gasteiger partial charge in [0.25, 0.3) is 5.91 Å². The number of aromatic amines is 1. The normalized spacial score (nSPS) is 12.8. The van der Waals surface area contributed by atoms with Gasteiger partial charge in [0.05, 0.1) is 23.3 Å². The number of para-hydroxylation sites is 1. The lowest BCUT2D eigenvalue weighted by atomic mass is 10.2. The molecule has 186 valence electrons. The molecule has 0 saturated heterocycles. The first kappa shape index (κ1) is 25.8. The van der Waals surface area contributed by atoms with E-state index in [9.17, 15) is 22.4 Å². The second kappa shape index (κ2) is 11.6. The number of H-pyrrole nitrogens is 1. The van der Waals surface area contributed by atoms with E-state index in [1.54, 1.807) is 13.0 Å². The van der Waals surface area contributed by atoms with Crippen LogP contribution in [0.4, 0.5) is 17.6 Å². The van der Waals surface area contributed by atoms with Gasteiger partial charge >= 0.3 is 6.18 Å². The fraction of sp³-hybridized carbons (Fsp3) is 0.304. The maximum absolute atomic E-state index is 13.8. The number of benzene rings is 1. The van der Waals surface area contributed by atoms with Crippen molar-refractivity contribution in [3.05, 3.63) is 71.1 Å². The lowest BCUT2D eigenvalue weighted by molar-refractivity contribution is -0.136. The van der Waals surface area contributed by atoms with E-state index in [0.29, 0.717) is 43.2 Å². The second-order valence-electron chi connectivity index (χ2n) is 7.39. The molecule has 3 rings (SSSR count). The SMILES string of the molecule is C=N/C(CNC(=O)c1coc(CCNCCc2nc3c(C(F)(F)F)cccc3[nH]2)n1)=C(F)\C=C/C. The number of nitrogens with zero attached hydrogens (tertiary/aromatic N) is 3. The molecule has 3 aromatic rings. The number of aromatic nitrogens is 3. The zero-order valence-electron chi connectivity index (χ0n) is 18.9. The van der Waals surface area contributed by atoms with Gasteiger partial charge in [0, 0.05) is 25.9 Å². The molecule has 12 heteroatoms. The number of hydrogen-bond acceptors (Lipinski definition) is 6. The Morgan fingerprint density at radius 1 is 1.26 bits per heavy atom. The summed E-state index contributed by atoms with van der Waals surface area (Å²) in [5, 5.41) is 5.62. The molecule has 0 unspecified atom stereocenters.